The van der Waals surface area contributed by atoms with Gasteiger partial charge in [0, 0.05) is 0 Å². The summed E-state index contributed by atoms with van der Waals surface area (Å²) in [6, 6.07) is 40.0. The second-order valence-corrected chi connectivity index (χ2v) is 8.01. The second kappa shape index (κ2) is 11.3. The normalized spacial score (nSPS) is 10.1. The summed E-state index contributed by atoms with van der Waals surface area (Å²) in [5.41, 5.74) is 0.927. The molecule has 0 spiro atoms. The maximum absolute atomic E-state index is 9.25. The summed E-state index contributed by atoms with van der Waals surface area (Å²) >= 11 is 0. The Hall–Kier alpha value is -5.72. The molecule has 0 aliphatic heterocycles. The smallest absolute Gasteiger partial charge is 0.169 e. The molecule has 5 aromatic rings. The van der Waals surface area contributed by atoms with Crippen LogP contribution in [0.4, 0.5) is 0 Å². The molecule has 0 aliphatic carbocycles. The SMILES string of the molecule is N#Cc1ccccc1Oc1ccc(Oc2ccccc2Oc2ccc(Oc3ccccc3C#N)cc2)cc1. The van der Waals surface area contributed by atoms with E-state index >= 15 is 0 Å². The molecular weight excluding hydrogens is 476 g/mol. The van der Waals surface area contributed by atoms with E-state index in [1.54, 1.807) is 84.9 Å². The van der Waals surface area contributed by atoms with Crippen LogP contribution < -0.4 is 18.9 Å². The van der Waals surface area contributed by atoms with Crippen LogP contribution in [0.2, 0.25) is 0 Å². The van der Waals surface area contributed by atoms with E-state index in [2.05, 4.69) is 12.1 Å². The maximum atomic E-state index is 9.25. The van der Waals surface area contributed by atoms with E-state index < -0.39 is 0 Å². The third-order valence-corrected chi connectivity index (χ3v) is 5.42. The largest absolute Gasteiger partial charge is 0.456 e. The summed E-state index contributed by atoms with van der Waals surface area (Å²) in [6.45, 7) is 0. The van der Waals surface area contributed by atoms with Gasteiger partial charge in [0.15, 0.2) is 11.5 Å². The van der Waals surface area contributed by atoms with Gasteiger partial charge in [-0.1, -0.05) is 36.4 Å². The highest BCUT2D eigenvalue weighted by molar-refractivity contribution is 5.49. The Kier molecular flexibility index (Phi) is 7.16. The minimum atomic E-state index is 0.463. The Morgan fingerprint density at radius 2 is 0.605 bits per heavy atom. The lowest BCUT2D eigenvalue weighted by Gasteiger charge is -2.13. The van der Waals surface area contributed by atoms with E-state index in [0.29, 0.717) is 57.1 Å². The van der Waals surface area contributed by atoms with Crippen molar-refractivity contribution in [3.63, 3.8) is 0 Å². The molecule has 0 saturated heterocycles. The quantitative estimate of drug-likeness (QED) is 0.214. The molecule has 0 amide bonds. The molecule has 38 heavy (non-hydrogen) atoms. The summed E-state index contributed by atoms with van der Waals surface area (Å²) in [5, 5.41) is 18.5. The summed E-state index contributed by atoms with van der Waals surface area (Å²) in [7, 11) is 0. The van der Waals surface area contributed by atoms with Gasteiger partial charge in [-0.15, -0.1) is 0 Å². The summed E-state index contributed by atoms with van der Waals surface area (Å²) in [4.78, 5) is 0. The number of para-hydroxylation sites is 4. The number of hydrogen-bond acceptors (Lipinski definition) is 6. The van der Waals surface area contributed by atoms with Crippen molar-refractivity contribution in [2.45, 2.75) is 0 Å². The van der Waals surface area contributed by atoms with Crippen LogP contribution in [0.1, 0.15) is 11.1 Å². The van der Waals surface area contributed by atoms with Gasteiger partial charge in [0.2, 0.25) is 0 Å². The van der Waals surface area contributed by atoms with Gasteiger partial charge in [-0.05, 0) is 84.9 Å². The van der Waals surface area contributed by atoms with Crippen molar-refractivity contribution in [1.29, 1.82) is 10.5 Å². The van der Waals surface area contributed by atoms with Gasteiger partial charge in [0.05, 0.1) is 11.1 Å². The number of hydrogen-bond donors (Lipinski definition) is 0. The number of benzene rings is 5. The third-order valence-electron chi connectivity index (χ3n) is 5.42. The maximum Gasteiger partial charge on any atom is 0.169 e. The molecule has 0 atom stereocenters. The number of rotatable bonds is 8. The van der Waals surface area contributed by atoms with Crippen molar-refractivity contribution < 1.29 is 18.9 Å². The molecule has 0 bridgehead atoms. The summed E-state index contributed by atoms with van der Waals surface area (Å²) in [6.07, 6.45) is 0. The third kappa shape index (κ3) is 5.73. The summed E-state index contributed by atoms with van der Waals surface area (Å²) in [5.74, 6) is 4.44. The number of nitrogens with zero attached hydrogens (tertiary/aromatic N) is 2. The minimum Gasteiger partial charge on any atom is -0.456 e. The zero-order valence-corrected chi connectivity index (χ0v) is 20.1. The van der Waals surface area contributed by atoms with Crippen molar-refractivity contribution in [3.05, 3.63) is 132 Å². The fourth-order valence-corrected chi connectivity index (χ4v) is 3.57. The topological polar surface area (TPSA) is 84.5 Å². The lowest BCUT2D eigenvalue weighted by Crippen LogP contribution is -1.92. The van der Waals surface area contributed by atoms with Gasteiger partial charge in [-0.2, -0.15) is 10.5 Å². The van der Waals surface area contributed by atoms with Crippen molar-refractivity contribution in [2.75, 3.05) is 0 Å². The van der Waals surface area contributed by atoms with E-state index in [-0.39, 0.29) is 0 Å². The van der Waals surface area contributed by atoms with Crippen molar-refractivity contribution >= 4 is 0 Å². The van der Waals surface area contributed by atoms with Gasteiger partial charge >= 0.3 is 0 Å². The van der Waals surface area contributed by atoms with Gasteiger partial charge < -0.3 is 18.9 Å². The lowest BCUT2D eigenvalue weighted by atomic mass is 10.2. The molecule has 0 heterocycles. The molecule has 6 nitrogen and oxygen atoms in total. The molecule has 0 N–H and O–H groups in total. The Bertz CT molecular complexity index is 1510. The van der Waals surface area contributed by atoms with E-state index in [1.165, 1.54) is 0 Å². The first kappa shape index (κ1) is 24.0. The Morgan fingerprint density at radius 3 is 0.921 bits per heavy atom. The number of ether oxygens (including phenoxy) is 4. The molecule has 0 aliphatic rings. The molecule has 0 saturated carbocycles. The average Bonchev–Trinajstić information content (AvgIpc) is 2.97. The van der Waals surface area contributed by atoms with Gasteiger partial charge in [-0.3, -0.25) is 0 Å². The van der Waals surface area contributed by atoms with Crippen LogP contribution in [-0.2, 0) is 0 Å². The fraction of sp³-hybridized carbons (Fsp3) is 0. The first-order chi connectivity index (χ1) is 18.7. The van der Waals surface area contributed by atoms with Crippen LogP contribution in [0.15, 0.2) is 121 Å². The van der Waals surface area contributed by atoms with Gasteiger partial charge in [0.25, 0.3) is 0 Å². The van der Waals surface area contributed by atoms with Crippen LogP contribution in [-0.4, -0.2) is 0 Å². The Balaban J connectivity index is 1.26. The second-order valence-electron chi connectivity index (χ2n) is 8.01. The van der Waals surface area contributed by atoms with Crippen LogP contribution in [0.5, 0.6) is 46.0 Å². The molecule has 0 unspecified atom stereocenters. The Labute approximate surface area is 220 Å². The molecule has 0 radical (unpaired) electrons. The first-order valence-corrected chi connectivity index (χ1v) is 11.7. The molecule has 182 valence electrons. The molecule has 5 rings (SSSR count). The first-order valence-electron chi connectivity index (χ1n) is 11.7. The minimum absolute atomic E-state index is 0.463. The monoisotopic (exact) mass is 496 g/mol. The predicted molar refractivity (Wildman–Crippen MR) is 142 cm³/mol. The molecule has 6 heteroatoms. The highest BCUT2D eigenvalue weighted by Gasteiger charge is 2.10. The Morgan fingerprint density at radius 1 is 0.342 bits per heavy atom. The molecule has 0 aromatic heterocycles. The van der Waals surface area contributed by atoms with E-state index in [0.717, 1.165) is 0 Å². The van der Waals surface area contributed by atoms with E-state index in [9.17, 15) is 10.5 Å². The van der Waals surface area contributed by atoms with Crippen LogP contribution in [0.25, 0.3) is 0 Å². The van der Waals surface area contributed by atoms with Crippen molar-refractivity contribution in [1.82, 2.24) is 0 Å². The summed E-state index contributed by atoms with van der Waals surface area (Å²) < 4.78 is 23.8. The molecular formula is C32H20N2O4. The van der Waals surface area contributed by atoms with Crippen LogP contribution in [0, 0.1) is 22.7 Å². The average molecular weight is 497 g/mol. The van der Waals surface area contributed by atoms with E-state index in [1.807, 2.05) is 36.4 Å². The lowest BCUT2D eigenvalue weighted by molar-refractivity contribution is 0.416. The van der Waals surface area contributed by atoms with Crippen LogP contribution >= 0.6 is 0 Å². The molecule has 0 fully saturated rings. The van der Waals surface area contributed by atoms with E-state index in [4.69, 9.17) is 18.9 Å². The zero-order chi connectivity index (χ0) is 26.2. The fourth-order valence-electron chi connectivity index (χ4n) is 3.57. The highest BCUT2D eigenvalue weighted by atomic mass is 16.5. The van der Waals surface area contributed by atoms with Crippen molar-refractivity contribution in [2.24, 2.45) is 0 Å². The van der Waals surface area contributed by atoms with Crippen LogP contribution in [0.3, 0.4) is 0 Å². The van der Waals surface area contributed by atoms with Gasteiger partial charge in [-0.25, -0.2) is 0 Å². The number of nitriles is 2. The van der Waals surface area contributed by atoms with Crippen molar-refractivity contribution in [3.8, 4) is 58.1 Å². The molecule has 5 aromatic carbocycles. The highest BCUT2D eigenvalue weighted by Crippen LogP contribution is 2.36. The predicted octanol–water partition coefficient (Wildman–Crippen LogP) is 8.60. The zero-order valence-electron chi connectivity index (χ0n) is 20.1. The standard InChI is InChI=1S/C32H20N2O4/c33-21-23-7-1-3-9-29(23)35-25-13-17-27(18-14-25)37-31-11-5-6-12-32(31)38-28-19-15-26(16-20-28)36-30-10-4-2-8-24(30)22-34/h1-20H. The van der Waals surface area contributed by atoms with Gasteiger partial charge in [0.1, 0.15) is 46.6 Å².